The number of nitrogens with zero attached hydrogens (tertiary/aromatic N) is 3. The fraction of sp³-hybridized carbons (Fsp3) is 0.240. The molecule has 2 heterocycles. The third-order valence-corrected chi connectivity index (χ3v) is 6.66. The molecular formula is C25H22BrN3O2. The molecule has 0 saturated heterocycles. The largest absolute Gasteiger partial charge is 0.465 e. The number of rotatable bonds is 5. The van der Waals surface area contributed by atoms with Gasteiger partial charge in [-0.1, -0.05) is 42.5 Å². The van der Waals surface area contributed by atoms with Crippen LogP contribution < -0.4 is 0 Å². The number of carbonyl (C=O) groups excluding carboxylic acids is 1. The van der Waals surface area contributed by atoms with E-state index in [0.29, 0.717) is 11.5 Å². The summed E-state index contributed by atoms with van der Waals surface area (Å²) in [6.07, 6.45) is 4.24. The van der Waals surface area contributed by atoms with E-state index < -0.39 is 0 Å². The number of imidazole rings is 1. The lowest BCUT2D eigenvalue weighted by Crippen LogP contribution is -2.05. The number of aryl methyl sites for hydroxylation is 1. The predicted molar refractivity (Wildman–Crippen MR) is 124 cm³/mol. The van der Waals surface area contributed by atoms with Crippen molar-refractivity contribution in [2.45, 2.75) is 32.2 Å². The average Bonchev–Trinajstić information content (AvgIpc) is 3.58. The quantitative estimate of drug-likeness (QED) is 0.338. The summed E-state index contributed by atoms with van der Waals surface area (Å²) in [5.74, 6) is 1.33. The van der Waals surface area contributed by atoms with Crippen LogP contribution in [-0.4, -0.2) is 27.6 Å². The van der Waals surface area contributed by atoms with Gasteiger partial charge < -0.3 is 9.30 Å². The lowest BCUT2D eigenvalue weighted by Gasteiger charge is -2.11. The molecule has 156 valence electrons. The Morgan fingerprint density at radius 3 is 2.61 bits per heavy atom. The standard InChI is InChI=1S/C25H22BrN3O2/c1-15-21(26)13-27-24-22(15)28-23(18-11-12-18)29(24)14-16-7-9-17(10-8-16)19-5-3-4-6-20(19)25(30)31-2/h3-10,13,18H,11-12,14H2,1-2H3. The van der Waals surface area contributed by atoms with Crippen molar-refractivity contribution in [3.63, 3.8) is 0 Å². The van der Waals surface area contributed by atoms with Gasteiger partial charge in [-0.15, -0.1) is 0 Å². The Bertz CT molecular complexity index is 1290. The lowest BCUT2D eigenvalue weighted by atomic mass is 9.98. The van der Waals surface area contributed by atoms with Crippen LogP contribution in [0.2, 0.25) is 0 Å². The van der Waals surface area contributed by atoms with Gasteiger partial charge in [-0.25, -0.2) is 14.8 Å². The second-order valence-corrected chi connectivity index (χ2v) is 8.82. The topological polar surface area (TPSA) is 57.0 Å². The molecule has 5 nitrogen and oxygen atoms in total. The van der Waals surface area contributed by atoms with Crippen LogP contribution in [0.15, 0.2) is 59.2 Å². The monoisotopic (exact) mass is 475 g/mol. The van der Waals surface area contributed by atoms with Crippen molar-refractivity contribution in [2.24, 2.45) is 0 Å². The Kier molecular flexibility index (Phi) is 5.10. The van der Waals surface area contributed by atoms with Gasteiger partial charge in [-0.3, -0.25) is 0 Å². The molecule has 1 aliphatic carbocycles. The number of aromatic nitrogens is 3. The van der Waals surface area contributed by atoms with Crippen molar-refractivity contribution in [1.29, 1.82) is 0 Å². The maximum Gasteiger partial charge on any atom is 0.338 e. The van der Waals surface area contributed by atoms with Crippen LogP contribution in [0.1, 0.15) is 46.1 Å². The maximum absolute atomic E-state index is 12.1. The van der Waals surface area contributed by atoms with Crippen molar-refractivity contribution in [3.8, 4) is 11.1 Å². The summed E-state index contributed by atoms with van der Waals surface area (Å²) in [4.78, 5) is 21.8. The van der Waals surface area contributed by atoms with Crippen molar-refractivity contribution in [2.75, 3.05) is 7.11 Å². The summed E-state index contributed by atoms with van der Waals surface area (Å²) in [6.45, 7) is 2.80. The van der Waals surface area contributed by atoms with Gasteiger partial charge in [0.15, 0.2) is 5.65 Å². The van der Waals surface area contributed by atoms with Gasteiger partial charge in [0.1, 0.15) is 11.3 Å². The van der Waals surface area contributed by atoms with E-state index in [9.17, 15) is 4.79 Å². The molecule has 0 atom stereocenters. The molecule has 6 heteroatoms. The first-order valence-corrected chi connectivity index (χ1v) is 11.1. The molecule has 2 aromatic heterocycles. The molecule has 1 aliphatic rings. The molecule has 0 bridgehead atoms. The highest BCUT2D eigenvalue weighted by Gasteiger charge is 2.30. The van der Waals surface area contributed by atoms with Crippen LogP contribution in [0.25, 0.3) is 22.3 Å². The van der Waals surface area contributed by atoms with Crippen LogP contribution >= 0.6 is 15.9 Å². The van der Waals surface area contributed by atoms with Crippen LogP contribution in [0, 0.1) is 6.92 Å². The number of esters is 1. The van der Waals surface area contributed by atoms with Crippen molar-refractivity contribution in [1.82, 2.24) is 14.5 Å². The van der Waals surface area contributed by atoms with E-state index in [2.05, 4.69) is 56.7 Å². The molecule has 4 aromatic rings. The summed E-state index contributed by atoms with van der Waals surface area (Å²) in [5.41, 5.74) is 6.63. The number of methoxy groups -OCH3 is 1. The highest BCUT2D eigenvalue weighted by molar-refractivity contribution is 9.10. The molecule has 0 spiro atoms. The van der Waals surface area contributed by atoms with E-state index in [4.69, 9.17) is 9.72 Å². The Balaban J connectivity index is 1.50. The SMILES string of the molecule is COC(=O)c1ccccc1-c1ccc(Cn2c(C3CC3)nc3c(C)c(Br)cnc32)cc1. The molecule has 1 fully saturated rings. The minimum atomic E-state index is -0.328. The number of hydrogen-bond acceptors (Lipinski definition) is 4. The smallest absolute Gasteiger partial charge is 0.338 e. The Labute approximate surface area is 189 Å². The molecule has 2 aromatic carbocycles. The van der Waals surface area contributed by atoms with Crippen molar-refractivity contribution < 1.29 is 9.53 Å². The van der Waals surface area contributed by atoms with Gasteiger partial charge in [-0.2, -0.15) is 0 Å². The average molecular weight is 476 g/mol. The second kappa shape index (κ2) is 7.93. The summed E-state index contributed by atoms with van der Waals surface area (Å²) in [5, 5.41) is 0. The van der Waals surface area contributed by atoms with E-state index in [1.807, 2.05) is 24.4 Å². The number of halogens is 1. The molecular weight excluding hydrogens is 454 g/mol. The number of ether oxygens (including phenoxy) is 1. The van der Waals surface area contributed by atoms with E-state index in [1.54, 1.807) is 6.07 Å². The number of fused-ring (bicyclic) bond motifs is 1. The zero-order valence-electron chi connectivity index (χ0n) is 17.4. The Hall–Kier alpha value is -2.99. The van der Waals surface area contributed by atoms with Crippen LogP contribution in [0.4, 0.5) is 0 Å². The Morgan fingerprint density at radius 1 is 1.16 bits per heavy atom. The van der Waals surface area contributed by atoms with Crippen LogP contribution in [0.3, 0.4) is 0 Å². The normalized spacial score (nSPS) is 13.5. The van der Waals surface area contributed by atoms with Gasteiger partial charge in [0.05, 0.1) is 19.2 Å². The highest BCUT2D eigenvalue weighted by Crippen LogP contribution is 2.41. The fourth-order valence-corrected chi connectivity index (χ4v) is 4.27. The van der Waals surface area contributed by atoms with Gasteiger partial charge in [0.25, 0.3) is 0 Å². The summed E-state index contributed by atoms with van der Waals surface area (Å²) in [7, 11) is 1.41. The number of pyridine rings is 1. The van der Waals surface area contributed by atoms with Crippen molar-refractivity contribution in [3.05, 3.63) is 81.7 Å². The van der Waals surface area contributed by atoms with E-state index >= 15 is 0 Å². The summed E-state index contributed by atoms with van der Waals surface area (Å²) >= 11 is 3.58. The summed E-state index contributed by atoms with van der Waals surface area (Å²) < 4.78 is 8.17. The first kappa shape index (κ1) is 19.9. The fourth-order valence-electron chi connectivity index (χ4n) is 3.98. The molecule has 5 rings (SSSR count). The van der Waals surface area contributed by atoms with Gasteiger partial charge in [0, 0.05) is 16.6 Å². The molecule has 0 radical (unpaired) electrons. The van der Waals surface area contributed by atoms with E-state index in [0.717, 1.165) is 44.7 Å². The molecule has 1 saturated carbocycles. The third kappa shape index (κ3) is 3.65. The zero-order chi connectivity index (χ0) is 21.5. The molecule has 31 heavy (non-hydrogen) atoms. The van der Waals surface area contributed by atoms with Crippen LogP contribution in [0.5, 0.6) is 0 Å². The van der Waals surface area contributed by atoms with Crippen LogP contribution in [-0.2, 0) is 11.3 Å². The van der Waals surface area contributed by atoms with Gasteiger partial charge >= 0.3 is 5.97 Å². The zero-order valence-corrected chi connectivity index (χ0v) is 19.0. The van der Waals surface area contributed by atoms with E-state index in [1.165, 1.54) is 25.5 Å². The van der Waals surface area contributed by atoms with Gasteiger partial charge in [-0.05, 0) is 64.0 Å². The Morgan fingerprint density at radius 2 is 1.90 bits per heavy atom. The predicted octanol–water partition coefficient (Wildman–Crippen LogP) is 5.88. The lowest BCUT2D eigenvalue weighted by molar-refractivity contribution is 0.0601. The third-order valence-electron chi connectivity index (χ3n) is 5.86. The van der Waals surface area contributed by atoms with E-state index in [-0.39, 0.29) is 5.97 Å². The number of hydrogen-bond donors (Lipinski definition) is 0. The minimum Gasteiger partial charge on any atom is -0.465 e. The van der Waals surface area contributed by atoms with Gasteiger partial charge in [0.2, 0.25) is 0 Å². The highest BCUT2D eigenvalue weighted by atomic mass is 79.9. The minimum absolute atomic E-state index is 0.328. The first-order chi connectivity index (χ1) is 15.1. The second-order valence-electron chi connectivity index (χ2n) is 7.97. The molecule has 0 amide bonds. The summed E-state index contributed by atoms with van der Waals surface area (Å²) in [6, 6.07) is 15.9. The molecule has 0 aliphatic heterocycles. The molecule has 0 N–H and O–H groups in total. The first-order valence-electron chi connectivity index (χ1n) is 10.3. The number of benzene rings is 2. The number of carbonyl (C=O) groups is 1. The molecule has 0 unspecified atom stereocenters. The maximum atomic E-state index is 12.1. The van der Waals surface area contributed by atoms with Crippen molar-refractivity contribution >= 4 is 33.1 Å².